The molecule has 4 heterocycles. The quantitative estimate of drug-likeness (QED) is 0.102. The van der Waals surface area contributed by atoms with Gasteiger partial charge in [-0.15, -0.1) is 0 Å². The first-order valence-corrected chi connectivity index (χ1v) is 36.4. The number of aromatic nitrogens is 12. The first kappa shape index (κ1) is 75.0. The summed E-state index contributed by atoms with van der Waals surface area (Å²) in [4.78, 5) is 57.7. The summed E-state index contributed by atoms with van der Waals surface area (Å²) in [6.07, 6.45) is 0. The predicted molar refractivity (Wildman–Crippen MR) is 442 cm³/mol. The average Bonchev–Trinajstić information content (AvgIpc) is 0.793. The molecule has 0 aliphatic carbocycles. The van der Waals surface area contributed by atoms with Crippen molar-refractivity contribution in [3.8, 4) is 45.6 Å². The van der Waals surface area contributed by atoms with E-state index in [1.807, 2.05) is 337 Å². The first-order chi connectivity index (χ1) is 52.4. The van der Waals surface area contributed by atoms with E-state index in [0.717, 1.165) is 76.7 Å². The smallest absolute Gasteiger partial charge is 0.240 e. The van der Waals surface area contributed by atoms with Crippen molar-refractivity contribution in [2.24, 2.45) is 0 Å². The molecule has 0 fully saturated rings. The third kappa shape index (κ3) is 21.7. The van der Waals surface area contributed by atoms with Gasteiger partial charge in [-0.1, -0.05) is 262 Å². The Morgan fingerprint density at radius 3 is 0.617 bits per heavy atom. The summed E-state index contributed by atoms with van der Waals surface area (Å²) in [6, 6.07) is 116. The Bertz CT molecular complexity index is 5050. The lowest BCUT2D eigenvalue weighted by Gasteiger charge is -2.24. The van der Waals surface area contributed by atoms with Crippen molar-refractivity contribution < 1.29 is 0 Å². The Labute approximate surface area is 660 Å². The first-order valence-electron chi connectivity index (χ1n) is 33.0. The fraction of sp³-hybridized carbons (Fsp3) is 0. The van der Waals surface area contributed by atoms with Crippen molar-refractivity contribution in [3.05, 3.63) is 387 Å². The molecule has 0 amide bonds. The molecule has 0 spiro atoms. The van der Waals surface area contributed by atoms with Crippen LogP contribution in [-0.4, -0.2) is 59.8 Å². The van der Waals surface area contributed by atoms with Crippen LogP contribution in [0, 0.1) is 0 Å². The van der Waals surface area contributed by atoms with Crippen molar-refractivity contribution in [2.45, 2.75) is 0 Å². The van der Waals surface area contributed by atoms with Gasteiger partial charge in [0.1, 0.15) is 0 Å². The molecule has 524 valence electrons. The van der Waals surface area contributed by atoms with Crippen LogP contribution in [0.25, 0.3) is 45.6 Å². The fourth-order valence-electron chi connectivity index (χ4n) is 10.4. The van der Waals surface area contributed by atoms with Gasteiger partial charge in [0.15, 0.2) is 23.3 Å². The second-order valence-corrected chi connectivity index (χ2v) is 26.0. The van der Waals surface area contributed by atoms with Crippen LogP contribution in [0.3, 0.4) is 0 Å². The number of benzene rings is 12. The normalized spacial score (nSPS) is 10.4. The summed E-state index contributed by atoms with van der Waals surface area (Å²) in [7, 11) is 0. The van der Waals surface area contributed by atoms with E-state index in [1.165, 1.54) is 0 Å². The summed E-state index contributed by atoms with van der Waals surface area (Å²) in [6.45, 7) is 0. The second-order valence-electron chi connectivity index (χ2n) is 22.5. The molecule has 16 aromatic rings. The SMILES string of the molecule is Brc1ccc(N(c2ccc(Br)cc2)c2nc(-c3ccccc3)nc(-c3ccccc3)n2)cc1.Clc1nc(Cl)nc(Cl)n1.Clc1nc(Cl)nc(N(c2ccccc2)c2ccccc2)n1.c1ccc(-c2nc(-c3ccccc3)nc(N(c3ccccc3)c3ccccc3)n2)cc1.c1ccc(Nc2ccccc2)cc1. The largest absolute Gasteiger partial charge is 0.356 e. The number of anilines is 11. The zero-order valence-electron chi connectivity index (χ0n) is 56.3. The van der Waals surface area contributed by atoms with E-state index in [9.17, 15) is 0 Å². The van der Waals surface area contributed by atoms with Crippen LogP contribution in [0.15, 0.2) is 361 Å². The molecule has 1 N–H and O–H groups in total. The molecule has 23 heteroatoms. The molecule has 107 heavy (non-hydrogen) atoms. The standard InChI is InChI=1S/C27H18Br2N4.C27H20N4.C15H10Cl2N4.C12H11N.C3Cl3N3/c28-21-11-15-23(16-12-21)33(24-17-13-22(29)14-18-24)27-31-25(19-7-3-1-4-8-19)30-26(32-27)20-9-5-2-6-10-20;1-5-13-21(14-6-1)25-28-26(22-15-7-2-8-16-22)30-27(29-25)31(23-17-9-3-10-18-23)24-19-11-4-12-20-24;16-13-18-14(17)20-15(19-13)21(11-7-3-1-4-8-11)12-9-5-2-6-10-12;1-3-7-11(8-4-1)13-12-9-5-2-6-10-12;4-1-7-2(5)9-3(6)8-1/h1-18H;1-20H;1-10H;1-10,13H;. The maximum absolute atomic E-state index is 5.90. The molecular weight excluding hydrogens is 1570 g/mol. The number of hydrogen-bond acceptors (Lipinski definition) is 16. The van der Waals surface area contributed by atoms with Crippen molar-refractivity contribution in [2.75, 3.05) is 20.0 Å². The van der Waals surface area contributed by atoms with E-state index in [2.05, 4.69) is 96.2 Å². The van der Waals surface area contributed by atoms with Crippen molar-refractivity contribution in [1.82, 2.24) is 59.8 Å². The summed E-state index contributed by atoms with van der Waals surface area (Å²) < 4.78 is 2.01. The van der Waals surface area contributed by atoms with Gasteiger partial charge in [-0.05, 0) is 179 Å². The zero-order valence-corrected chi connectivity index (χ0v) is 63.3. The minimum Gasteiger partial charge on any atom is -0.356 e. The molecule has 16 rings (SSSR count). The van der Waals surface area contributed by atoms with Crippen molar-refractivity contribution in [1.29, 1.82) is 0 Å². The van der Waals surface area contributed by atoms with E-state index >= 15 is 0 Å². The summed E-state index contributed by atoms with van der Waals surface area (Å²) in [5, 5.41) is 3.42. The Kier molecular flexibility index (Phi) is 26.9. The minimum absolute atomic E-state index is 0.000000000000000444. The van der Waals surface area contributed by atoms with Gasteiger partial charge in [0.05, 0.1) is 0 Å². The van der Waals surface area contributed by atoms with Gasteiger partial charge < -0.3 is 5.32 Å². The second kappa shape index (κ2) is 38.3. The molecule has 12 aromatic carbocycles. The lowest BCUT2D eigenvalue weighted by Crippen LogP contribution is -2.15. The number of rotatable bonds is 15. The van der Waals surface area contributed by atoms with E-state index in [0.29, 0.717) is 41.1 Å². The Hall–Kier alpha value is -11.7. The van der Waals surface area contributed by atoms with Crippen LogP contribution in [0.5, 0.6) is 0 Å². The maximum Gasteiger partial charge on any atom is 0.240 e. The minimum atomic E-state index is 0.000000000000000444. The number of nitrogens with one attached hydrogen (secondary N) is 1. The Morgan fingerprint density at radius 2 is 0.383 bits per heavy atom. The number of hydrogen-bond donors (Lipinski definition) is 1. The van der Waals surface area contributed by atoms with Crippen LogP contribution >= 0.6 is 89.9 Å². The predicted octanol–water partition coefficient (Wildman–Crippen LogP) is 24.8. The number of para-hydroxylation sites is 6. The van der Waals surface area contributed by atoms with E-state index in [1.54, 1.807) is 0 Å². The lowest BCUT2D eigenvalue weighted by atomic mass is 10.2. The molecule has 0 unspecified atom stereocenters. The molecule has 0 bridgehead atoms. The maximum atomic E-state index is 5.90. The molecular formula is C84H59Br2Cl5N16. The highest BCUT2D eigenvalue weighted by Crippen LogP contribution is 2.38. The Morgan fingerprint density at radius 1 is 0.196 bits per heavy atom. The van der Waals surface area contributed by atoms with Gasteiger partial charge >= 0.3 is 0 Å². The van der Waals surface area contributed by atoms with Gasteiger partial charge in [-0.3, -0.25) is 14.7 Å². The third-order valence-corrected chi connectivity index (χ3v) is 17.1. The highest BCUT2D eigenvalue weighted by Gasteiger charge is 2.22. The molecule has 0 aliphatic rings. The molecule has 0 atom stereocenters. The summed E-state index contributed by atoms with van der Waals surface area (Å²) in [5.41, 5.74) is 11.7. The number of halogens is 7. The van der Waals surface area contributed by atoms with Gasteiger partial charge in [0.2, 0.25) is 44.3 Å². The molecule has 0 saturated heterocycles. The molecule has 0 saturated carbocycles. The van der Waals surface area contributed by atoms with Crippen molar-refractivity contribution >= 4 is 153 Å². The van der Waals surface area contributed by atoms with Crippen molar-refractivity contribution in [3.63, 3.8) is 0 Å². The monoisotopic (exact) mass is 1620 g/mol. The van der Waals surface area contributed by atoms with Crippen LogP contribution in [-0.2, 0) is 0 Å². The van der Waals surface area contributed by atoms with Crippen LogP contribution < -0.4 is 20.0 Å². The summed E-state index contributed by atoms with van der Waals surface area (Å²) >= 11 is 34.8. The Balaban J connectivity index is 0.000000133. The lowest BCUT2D eigenvalue weighted by molar-refractivity contribution is 1.01. The number of nitrogens with zero attached hydrogens (tertiary/aromatic N) is 15. The summed E-state index contributed by atoms with van der Waals surface area (Å²) in [5.74, 6) is 4.02. The van der Waals surface area contributed by atoms with E-state index in [4.69, 9.17) is 87.9 Å². The average molecular weight is 1630 g/mol. The highest BCUT2D eigenvalue weighted by molar-refractivity contribution is 9.10. The molecule has 4 aromatic heterocycles. The van der Waals surface area contributed by atoms with Crippen LogP contribution in [0.4, 0.5) is 63.3 Å². The molecule has 0 aliphatic heterocycles. The molecule has 16 nitrogen and oxygen atoms in total. The van der Waals surface area contributed by atoms with Gasteiger partial charge in [0, 0.05) is 76.7 Å². The topological polar surface area (TPSA) is 176 Å². The highest BCUT2D eigenvalue weighted by atomic mass is 79.9. The van der Waals surface area contributed by atoms with Crippen LogP contribution in [0.2, 0.25) is 26.4 Å². The van der Waals surface area contributed by atoms with Gasteiger partial charge in [-0.2, -0.15) is 49.8 Å². The van der Waals surface area contributed by atoms with E-state index in [-0.39, 0.29) is 26.4 Å². The zero-order chi connectivity index (χ0) is 73.9. The molecule has 0 radical (unpaired) electrons. The third-order valence-electron chi connectivity index (χ3n) is 15.2. The fourth-order valence-corrected chi connectivity index (χ4v) is 11.8. The van der Waals surface area contributed by atoms with Crippen LogP contribution in [0.1, 0.15) is 0 Å². The van der Waals surface area contributed by atoms with E-state index < -0.39 is 0 Å². The van der Waals surface area contributed by atoms with Gasteiger partial charge in [-0.25, -0.2) is 9.97 Å². The van der Waals surface area contributed by atoms with Gasteiger partial charge in [0.25, 0.3) is 0 Å².